The molecule has 1 heterocycles. The number of hydrogen-bond donors (Lipinski definition) is 1. The summed E-state index contributed by atoms with van der Waals surface area (Å²) in [7, 11) is -3.45. The Bertz CT molecular complexity index is 279. The van der Waals surface area contributed by atoms with E-state index >= 15 is 0 Å². The van der Waals surface area contributed by atoms with Crippen LogP contribution in [-0.4, -0.2) is 37.5 Å². The number of nitrogens with zero attached hydrogens (tertiary/aromatic N) is 1. The zero-order valence-corrected chi connectivity index (χ0v) is 8.86. The van der Waals surface area contributed by atoms with Crippen LogP contribution in [0, 0.1) is 0 Å². The minimum atomic E-state index is -3.45. The Morgan fingerprint density at radius 1 is 1.46 bits per heavy atom. The Morgan fingerprint density at radius 2 is 1.92 bits per heavy atom. The Labute approximate surface area is 78.3 Å². The van der Waals surface area contributed by atoms with Crippen molar-refractivity contribution < 1.29 is 12.8 Å². The summed E-state index contributed by atoms with van der Waals surface area (Å²) in [5, 5.41) is 0. The molecular formula is C7H15FN2O2S. The van der Waals surface area contributed by atoms with E-state index < -0.39 is 15.9 Å². The number of nitrogens with one attached hydrogen (secondary N) is 1. The Morgan fingerprint density at radius 3 is 2.23 bits per heavy atom. The fourth-order valence-corrected chi connectivity index (χ4v) is 2.85. The number of hydrogen-bond acceptors (Lipinski definition) is 2. The summed E-state index contributed by atoms with van der Waals surface area (Å²) in [4.78, 5) is 0. The molecular weight excluding hydrogens is 195 g/mol. The van der Waals surface area contributed by atoms with Gasteiger partial charge in [-0.15, -0.1) is 0 Å². The summed E-state index contributed by atoms with van der Waals surface area (Å²) >= 11 is 0. The van der Waals surface area contributed by atoms with Crippen LogP contribution >= 0.6 is 0 Å². The van der Waals surface area contributed by atoms with Crippen LogP contribution in [0.15, 0.2) is 0 Å². The van der Waals surface area contributed by atoms with E-state index in [0.717, 1.165) is 4.31 Å². The SMILES string of the molecule is CC(C)NS(=O)(=O)N1CC(C)(F)C1. The molecule has 1 N–H and O–H groups in total. The lowest BCUT2D eigenvalue weighted by atomic mass is 10.0. The largest absolute Gasteiger partial charge is 0.279 e. The van der Waals surface area contributed by atoms with Crippen LogP contribution in [0.4, 0.5) is 4.39 Å². The van der Waals surface area contributed by atoms with Gasteiger partial charge in [-0.2, -0.15) is 17.4 Å². The van der Waals surface area contributed by atoms with Crippen molar-refractivity contribution in [3.8, 4) is 0 Å². The molecule has 6 heteroatoms. The van der Waals surface area contributed by atoms with Crippen LogP contribution in [0.3, 0.4) is 0 Å². The third-order valence-corrected chi connectivity index (χ3v) is 3.44. The average Bonchev–Trinajstić information content (AvgIpc) is 1.79. The molecule has 0 amide bonds. The topological polar surface area (TPSA) is 49.4 Å². The third-order valence-electron chi connectivity index (χ3n) is 1.74. The molecule has 0 bridgehead atoms. The highest BCUT2D eigenvalue weighted by atomic mass is 32.2. The van der Waals surface area contributed by atoms with Gasteiger partial charge in [0.2, 0.25) is 0 Å². The number of alkyl halides is 1. The summed E-state index contributed by atoms with van der Waals surface area (Å²) in [5.41, 5.74) is -1.36. The van der Waals surface area contributed by atoms with Crippen molar-refractivity contribution in [3.05, 3.63) is 0 Å². The Kier molecular flexibility index (Phi) is 2.66. The fourth-order valence-electron chi connectivity index (χ4n) is 1.23. The molecule has 0 aliphatic carbocycles. The molecule has 0 atom stereocenters. The summed E-state index contributed by atoms with van der Waals surface area (Å²) in [6.45, 7) is 4.76. The molecule has 1 fully saturated rings. The van der Waals surface area contributed by atoms with Crippen molar-refractivity contribution in [3.63, 3.8) is 0 Å². The lowest BCUT2D eigenvalue weighted by Gasteiger charge is -2.41. The molecule has 0 spiro atoms. The molecule has 1 aliphatic rings. The lowest BCUT2D eigenvalue weighted by Crippen LogP contribution is -2.62. The zero-order valence-electron chi connectivity index (χ0n) is 8.04. The maximum Gasteiger partial charge on any atom is 0.279 e. The maximum absolute atomic E-state index is 13.0. The molecule has 0 aromatic carbocycles. The first-order chi connectivity index (χ1) is 5.73. The quantitative estimate of drug-likeness (QED) is 0.727. The van der Waals surface area contributed by atoms with Gasteiger partial charge in [0, 0.05) is 6.04 Å². The molecule has 1 aliphatic heterocycles. The van der Waals surface area contributed by atoms with Gasteiger partial charge in [-0.25, -0.2) is 4.39 Å². The first-order valence-corrected chi connectivity index (χ1v) is 5.63. The Hall–Kier alpha value is -0.200. The molecule has 13 heavy (non-hydrogen) atoms. The number of rotatable bonds is 3. The van der Waals surface area contributed by atoms with E-state index in [1.807, 2.05) is 0 Å². The molecule has 0 saturated carbocycles. The highest BCUT2D eigenvalue weighted by Crippen LogP contribution is 2.26. The van der Waals surface area contributed by atoms with Crippen molar-refractivity contribution in [2.75, 3.05) is 13.1 Å². The first-order valence-electron chi connectivity index (χ1n) is 4.19. The van der Waals surface area contributed by atoms with Gasteiger partial charge in [-0.3, -0.25) is 0 Å². The van der Waals surface area contributed by atoms with Gasteiger partial charge in [-0.1, -0.05) is 0 Å². The van der Waals surface area contributed by atoms with Gasteiger partial charge < -0.3 is 0 Å². The van der Waals surface area contributed by atoms with Crippen LogP contribution in [0.1, 0.15) is 20.8 Å². The second-order valence-corrected chi connectivity index (χ2v) is 5.66. The second-order valence-electron chi connectivity index (χ2n) is 3.96. The summed E-state index contributed by atoms with van der Waals surface area (Å²) in [5.74, 6) is 0. The van der Waals surface area contributed by atoms with Crippen molar-refractivity contribution in [1.29, 1.82) is 0 Å². The molecule has 1 saturated heterocycles. The monoisotopic (exact) mass is 210 g/mol. The molecule has 0 aromatic heterocycles. The van der Waals surface area contributed by atoms with E-state index in [4.69, 9.17) is 0 Å². The highest BCUT2D eigenvalue weighted by molar-refractivity contribution is 7.87. The van der Waals surface area contributed by atoms with Crippen LogP contribution in [-0.2, 0) is 10.2 Å². The second kappa shape index (κ2) is 3.18. The van der Waals surface area contributed by atoms with Crippen LogP contribution < -0.4 is 4.72 Å². The van der Waals surface area contributed by atoms with Gasteiger partial charge in [0.25, 0.3) is 10.2 Å². The lowest BCUT2D eigenvalue weighted by molar-refractivity contribution is 0.0386. The summed E-state index contributed by atoms with van der Waals surface area (Å²) < 4.78 is 39.2. The molecule has 0 aromatic rings. The molecule has 4 nitrogen and oxygen atoms in total. The van der Waals surface area contributed by atoms with E-state index in [1.54, 1.807) is 13.8 Å². The van der Waals surface area contributed by atoms with Crippen LogP contribution in [0.25, 0.3) is 0 Å². The van der Waals surface area contributed by atoms with E-state index in [1.165, 1.54) is 6.92 Å². The predicted molar refractivity (Wildman–Crippen MR) is 48.3 cm³/mol. The standard InChI is InChI=1S/C7H15FN2O2S/c1-6(2)9-13(11,12)10-4-7(3,8)5-10/h6,9H,4-5H2,1-3H3. The van der Waals surface area contributed by atoms with E-state index in [0.29, 0.717) is 0 Å². The normalized spacial score (nSPS) is 23.2. The first kappa shape index (κ1) is 10.9. The van der Waals surface area contributed by atoms with E-state index in [2.05, 4.69) is 4.72 Å². The van der Waals surface area contributed by atoms with Crippen molar-refractivity contribution in [2.45, 2.75) is 32.5 Å². The molecule has 78 valence electrons. The molecule has 0 unspecified atom stereocenters. The van der Waals surface area contributed by atoms with Gasteiger partial charge in [-0.05, 0) is 20.8 Å². The van der Waals surface area contributed by atoms with Crippen LogP contribution in [0.2, 0.25) is 0 Å². The summed E-state index contributed by atoms with van der Waals surface area (Å²) in [6, 6.07) is -0.156. The van der Waals surface area contributed by atoms with E-state index in [-0.39, 0.29) is 19.1 Å². The fraction of sp³-hybridized carbons (Fsp3) is 1.00. The zero-order chi connectivity index (χ0) is 10.3. The van der Waals surface area contributed by atoms with Crippen LogP contribution in [0.5, 0.6) is 0 Å². The van der Waals surface area contributed by atoms with Crippen molar-refractivity contribution >= 4 is 10.2 Å². The highest BCUT2D eigenvalue weighted by Gasteiger charge is 2.45. The predicted octanol–water partition coefficient (Wildman–Crippen LogP) is 0.273. The van der Waals surface area contributed by atoms with Gasteiger partial charge in [0.05, 0.1) is 13.1 Å². The average molecular weight is 210 g/mol. The van der Waals surface area contributed by atoms with Crippen molar-refractivity contribution in [2.24, 2.45) is 0 Å². The third kappa shape index (κ3) is 2.62. The number of halogens is 1. The minimum absolute atomic E-state index is 0.0466. The maximum atomic E-state index is 13.0. The minimum Gasteiger partial charge on any atom is -0.241 e. The molecule has 0 radical (unpaired) electrons. The smallest absolute Gasteiger partial charge is 0.241 e. The summed E-state index contributed by atoms with van der Waals surface area (Å²) in [6.07, 6.45) is 0. The van der Waals surface area contributed by atoms with E-state index in [9.17, 15) is 12.8 Å². The Balaban J connectivity index is 2.55. The van der Waals surface area contributed by atoms with Gasteiger partial charge in [0.1, 0.15) is 5.67 Å². The van der Waals surface area contributed by atoms with Gasteiger partial charge >= 0.3 is 0 Å². The van der Waals surface area contributed by atoms with Gasteiger partial charge in [0.15, 0.2) is 0 Å². The molecule has 1 rings (SSSR count). The van der Waals surface area contributed by atoms with Crippen molar-refractivity contribution in [1.82, 2.24) is 9.03 Å².